The first-order valence-electron chi connectivity index (χ1n) is 19.7. The number of nitrogens with zero attached hydrogens (tertiary/aromatic N) is 2. The van der Waals surface area contributed by atoms with Gasteiger partial charge in [-0.2, -0.15) is 0 Å². The number of thiophene rings is 1. The number of aromatic nitrogens is 1. The van der Waals surface area contributed by atoms with Crippen molar-refractivity contribution in [2.24, 2.45) is 5.92 Å². The van der Waals surface area contributed by atoms with Crippen molar-refractivity contribution in [3.05, 3.63) is 211 Å². The van der Waals surface area contributed by atoms with Gasteiger partial charge in [0.1, 0.15) is 16.9 Å². The number of furan rings is 1. The van der Waals surface area contributed by atoms with Gasteiger partial charge in [0, 0.05) is 71.0 Å². The molecule has 2 atom stereocenters. The Kier molecular flexibility index (Phi) is 7.50. The van der Waals surface area contributed by atoms with Gasteiger partial charge in [0.2, 0.25) is 5.89 Å². The van der Waals surface area contributed by atoms with Crippen LogP contribution in [0.1, 0.15) is 22.8 Å². The molecule has 58 heavy (non-hydrogen) atoms. The van der Waals surface area contributed by atoms with Crippen LogP contribution in [-0.2, 0) is 0 Å². The number of fused-ring (bicyclic) bond motifs is 9. The van der Waals surface area contributed by atoms with Crippen LogP contribution in [0.2, 0.25) is 0 Å². The van der Waals surface area contributed by atoms with E-state index in [0.29, 0.717) is 5.89 Å². The SMILES string of the molecule is C1=CC2C=C(c3cccc4oc(-c5ccccc5)nc34)c3oc4cccc(N(c5ccc(-c6ccccc6)cc5)c5ccc6c(c5)sc5ccccc56)c4c3C2C=C1. The molecule has 2 aliphatic rings. The molecule has 0 saturated carbocycles. The van der Waals surface area contributed by atoms with Gasteiger partial charge in [-0.05, 0) is 71.8 Å². The van der Waals surface area contributed by atoms with E-state index in [4.69, 9.17) is 13.8 Å². The summed E-state index contributed by atoms with van der Waals surface area (Å²) in [6.45, 7) is 0. The number of rotatable bonds is 6. The minimum Gasteiger partial charge on any atom is -0.456 e. The first kappa shape index (κ1) is 33.0. The molecular weight excluding hydrogens is 729 g/mol. The Morgan fingerprint density at radius 2 is 1.26 bits per heavy atom. The largest absolute Gasteiger partial charge is 0.456 e. The molecule has 5 heteroatoms. The molecule has 0 fully saturated rings. The Hall–Kier alpha value is -7.21. The summed E-state index contributed by atoms with van der Waals surface area (Å²) in [6, 6.07) is 57.9. The fourth-order valence-electron chi connectivity index (χ4n) is 9.00. The zero-order valence-corrected chi connectivity index (χ0v) is 32.1. The van der Waals surface area contributed by atoms with Gasteiger partial charge in [0.05, 0.1) is 5.69 Å². The van der Waals surface area contributed by atoms with E-state index in [1.54, 1.807) is 0 Å². The molecule has 12 rings (SSSR count). The van der Waals surface area contributed by atoms with Crippen LogP contribution < -0.4 is 4.90 Å². The van der Waals surface area contributed by atoms with Crippen molar-refractivity contribution in [1.82, 2.24) is 4.98 Å². The Balaban J connectivity index is 1.08. The summed E-state index contributed by atoms with van der Waals surface area (Å²) in [5, 5.41) is 3.68. The van der Waals surface area contributed by atoms with E-state index in [1.807, 2.05) is 47.7 Å². The number of allylic oxidation sites excluding steroid dienone is 5. The molecule has 10 aromatic rings. The van der Waals surface area contributed by atoms with Gasteiger partial charge in [0.25, 0.3) is 0 Å². The van der Waals surface area contributed by atoms with Gasteiger partial charge >= 0.3 is 0 Å². The number of hydrogen-bond donors (Lipinski definition) is 0. The molecular formula is C53H34N2O2S. The van der Waals surface area contributed by atoms with Crippen LogP contribution in [0, 0.1) is 5.92 Å². The van der Waals surface area contributed by atoms with Crippen LogP contribution in [0.25, 0.3) is 70.4 Å². The Morgan fingerprint density at radius 1 is 0.552 bits per heavy atom. The van der Waals surface area contributed by atoms with E-state index in [-0.39, 0.29) is 11.8 Å². The highest BCUT2D eigenvalue weighted by molar-refractivity contribution is 7.25. The van der Waals surface area contributed by atoms with Crippen LogP contribution in [0.15, 0.2) is 203 Å². The number of hydrogen-bond acceptors (Lipinski definition) is 5. The minimum atomic E-state index is 0.0925. The maximum absolute atomic E-state index is 7.09. The molecule has 274 valence electrons. The van der Waals surface area contributed by atoms with E-state index in [9.17, 15) is 0 Å². The Labute approximate surface area is 338 Å². The van der Waals surface area contributed by atoms with Crippen molar-refractivity contribution in [3.8, 4) is 22.6 Å². The molecule has 4 nitrogen and oxygen atoms in total. The second-order valence-corrected chi connectivity index (χ2v) is 16.1. The lowest BCUT2D eigenvalue weighted by atomic mass is 9.74. The van der Waals surface area contributed by atoms with E-state index in [0.717, 1.165) is 61.6 Å². The van der Waals surface area contributed by atoms with E-state index in [1.165, 1.54) is 36.9 Å². The van der Waals surface area contributed by atoms with Crippen molar-refractivity contribution < 1.29 is 8.83 Å². The van der Waals surface area contributed by atoms with Crippen LogP contribution in [0.4, 0.5) is 17.1 Å². The van der Waals surface area contributed by atoms with Crippen LogP contribution in [-0.4, -0.2) is 4.98 Å². The molecule has 3 heterocycles. The summed E-state index contributed by atoms with van der Waals surface area (Å²) >= 11 is 1.84. The van der Waals surface area contributed by atoms with Gasteiger partial charge in [-0.3, -0.25) is 0 Å². The average Bonchev–Trinajstić information content (AvgIpc) is 4.01. The molecule has 3 aromatic heterocycles. The second-order valence-electron chi connectivity index (χ2n) is 15.0. The number of oxazole rings is 1. The molecule has 0 spiro atoms. The van der Waals surface area contributed by atoms with Crippen LogP contribution >= 0.6 is 11.3 Å². The topological polar surface area (TPSA) is 42.4 Å². The maximum Gasteiger partial charge on any atom is 0.227 e. The lowest BCUT2D eigenvalue weighted by molar-refractivity contribution is 0.573. The molecule has 7 aromatic carbocycles. The van der Waals surface area contributed by atoms with Crippen LogP contribution in [0.5, 0.6) is 0 Å². The van der Waals surface area contributed by atoms with Gasteiger partial charge in [-0.25, -0.2) is 4.98 Å². The Morgan fingerprint density at radius 3 is 2.12 bits per heavy atom. The lowest BCUT2D eigenvalue weighted by Crippen LogP contribution is -2.16. The highest BCUT2D eigenvalue weighted by Gasteiger charge is 2.36. The molecule has 0 bridgehead atoms. The fraction of sp³-hybridized carbons (Fsp3) is 0.0377. The molecule has 2 unspecified atom stereocenters. The van der Waals surface area contributed by atoms with Crippen molar-refractivity contribution in [1.29, 1.82) is 0 Å². The summed E-state index contributed by atoms with van der Waals surface area (Å²) < 4.78 is 16.0. The molecule has 0 saturated heterocycles. The summed E-state index contributed by atoms with van der Waals surface area (Å²) in [5.41, 5.74) is 12.2. The number of anilines is 3. The molecule has 0 radical (unpaired) electrons. The van der Waals surface area contributed by atoms with Gasteiger partial charge in [-0.1, -0.05) is 134 Å². The summed E-state index contributed by atoms with van der Waals surface area (Å²) in [5.74, 6) is 1.70. The van der Waals surface area contributed by atoms with Gasteiger partial charge in [0.15, 0.2) is 5.58 Å². The predicted octanol–water partition coefficient (Wildman–Crippen LogP) is 15.0. The van der Waals surface area contributed by atoms with Crippen LogP contribution in [0.3, 0.4) is 0 Å². The zero-order chi connectivity index (χ0) is 38.2. The standard InChI is InChI=1S/C53H34N2O2S/c1-3-13-33(14-4-1)34-25-27-37(28-26-34)55(38-29-30-41-40-19-9-10-24-47(40)58-48(41)32-38)44-21-12-22-45-50(44)49-39-18-8-7-17-36(39)31-43(52(49)56-45)42-20-11-23-46-51(42)54-53(57-46)35-15-5-2-6-16-35/h1-32,36,39H. The zero-order valence-electron chi connectivity index (χ0n) is 31.2. The normalized spacial score (nSPS) is 15.9. The molecule has 0 amide bonds. The third kappa shape index (κ3) is 5.24. The highest BCUT2D eigenvalue weighted by atomic mass is 32.1. The predicted molar refractivity (Wildman–Crippen MR) is 240 cm³/mol. The second kappa shape index (κ2) is 13.2. The fourth-order valence-corrected chi connectivity index (χ4v) is 10.1. The van der Waals surface area contributed by atoms with E-state index >= 15 is 0 Å². The molecule has 0 N–H and O–H groups in total. The summed E-state index contributed by atoms with van der Waals surface area (Å²) in [6.07, 6.45) is 11.3. The monoisotopic (exact) mass is 762 g/mol. The summed E-state index contributed by atoms with van der Waals surface area (Å²) in [7, 11) is 0. The summed E-state index contributed by atoms with van der Waals surface area (Å²) in [4.78, 5) is 7.51. The smallest absolute Gasteiger partial charge is 0.227 e. The highest BCUT2D eigenvalue weighted by Crippen LogP contribution is 2.53. The van der Waals surface area contributed by atoms with Crippen molar-refractivity contribution in [3.63, 3.8) is 0 Å². The van der Waals surface area contributed by atoms with Crippen molar-refractivity contribution >= 4 is 76.2 Å². The first-order valence-corrected chi connectivity index (χ1v) is 20.5. The molecule has 2 aliphatic carbocycles. The van der Waals surface area contributed by atoms with Crippen molar-refractivity contribution in [2.75, 3.05) is 4.90 Å². The quantitative estimate of drug-likeness (QED) is 0.169. The minimum absolute atomic E-state index is 0.0925. The number of para-hydroxylation sites is 1. The van der Waals surface area contributed by atoms with E-state index in [2.05, 4.69) is 163 Å². The van der Waals surface area contributed by atoms with Gasteiger partial charge in [-0.15, -0.1) is 11.3 Å². The van der Waals surface area contributed by atoms with Gasteiger partial charge < -0.3 is 13.7 Å². The third-order valence-electron chi connectivity index (χ3n) is 11.7. The third-order valence-corrected chi connectivity index (χ3v) is 12.8. The Bertz CT molecular complexity index is 3290. The lowest BCUT2D eigenvalue weighted by Gasteiger charge is -2.30. The molecule has 0 aliphatic heterocycles. The maximum atomic E-state index is 7.09. The number of benzene rings is 7. The van der Waals surface area contributed by atoms with Crippen molar-refractivity contribution in [2.45, 2.75) is 5.92 Å². The first-order chi connectivity index (χ1) is 28.7. The van der Waals surface area contributed by atoms with E-state index < -0.39 is 0 Å². The average molecular weight is 763 g/mol.